The van der Waals surface area contributed by atoms with E-state index in [2.05, 4.69) is 16.7 Å². The highest BCUT2D eigenvalue weighted by molar-refractivity contribution is 5.94. The molecule has 6 nitrogen and oxygen atoms in total. The molecular formula is C20H30ClN3O3. The second-order valence-electron chi connectivity index (χ2n) is 7.20. The molecule has 1 unspecified atom stereocenters. The number of nitrogens with zero attached hydrogens (tertiary/aromatic N) is 1. The molecule has 0 aromatic heterocycles. The largest absolute Gasteiger partial charge is 0.450 e. The number of hydrogen-bond acceptors (Lipinski definition) is 4. The first-order valence-electron chi connectivity index (χ1n) is 9.68. The standard InChI is InChI=1S/C20H29N3O3.ClH/c1-2-26-20(25)23-10-7-18(8-11-23)22-19(24)17-5-3-4-15(13-17)12-16-6-9-21-14-16;/h3-5,13,16,18,21H,2,6-12,14H2,1H3,(H,22,24);1H. The molecule has 1 atom stereocenters. The molecule has 2 N–H and O–H groups in total. The minimum atomic E-state index is -0.258. The molecule has 0 spiro atoms. The Kier molecular flexibility index (Phi) is 8.38. The number of benzene rings is 1. The van der Waals surface area contributed by atoms with Crippen LogP contribution in [0.2, 0.25) is 0 Å². The van der Waals surface area contributed by atoms with Crippen LogP contribution >= 0.6 is 12.4 Å². The maximum Gasteiger partial charge on any atom is 0.409 e. The summed E-state index contributed by atoms with van der Waals surface area (Å²) in [5.74, 6) is 0.645. The molecule has 2 saturated heterocycles. The zero-order valence-electron chi connectivity index (χ0n) is 15.9. The number of carbonyl (C=O) groups is 2. The zero-order valence-corrected chi connectivity index (χ0v) is 16.7. The van der Waals surface area contributed by atoms with Crippen molar-refractivity contribution in [2.75, 3.05) is 32.8 Å². The molecule has 0 radical (unpaired) electrons. The predicted octanol–water partition coefficient (Wildman–Crippen LogP) is 2.61. The van der Waals surface area contributed by atoms with E-state index >= 15 is 0 Å². The van der Waals surface area contributed by atoms with Gasteiger partial charge in [0.15, 0.2) is 0 Å². The Morgan fingerprint density at radius 2 is 2.04 bits per heavy atom. The van der Waals surface area contributed by atoms with Crippen LogP contribution in [-0.2, 0) is 11.2 Å². The van der Waals surface area contributed by atoms with Crippen LogP contribution in [0.1, 0.15) is 42.1 Å². The van der Waals surface area contributed by atoms with Crippen molar-refractivity contribution in [3.05, 3.63) is 35.4 Å². The molecule has 2 aliphatic rings. The van der Waals surface area contributed by atoms with E-state index in [4.69, 9.17) is 4.74 Å². The Morgan fingerprint density at radius 1 is 1.26 bits per heavy atom. The third-order valence-corrected chi connectivity index (χ3v) is 5.23. The third kappa shape index (κ3) is 6.11. The van der Waals surface area contributed by atoms with Crippen LogP contribution in [0.3, 0.4) is 0 Å². The molecule has 0 bridgehead atoms. The van der Waals surface area contributed by atoms with Crippen molar-refractivity contribution in [1.82, 2.24) is 15.5 Å². The van der Waals surface area contributed by atoms with Crippen molar-refractivity contribution in [3.8, 4) is 0 Å². The SMILES string of the molecule is CCOC(=O)N1CCC(NC(=O)c2cccc(CC3CCNC3)c2)CC1.Cl. The molecule has 2 heterocycles. The van der Waals surface area contributed by atoms with Gasteiger partial charge in [-0.25, -0.2) is 4.79 Å². The molecule has 7 heteroatoms. The third-order valence-electron chi connectivity index (χ3n) is 5.23. The number of piperidine rings is 1. The molecule has 0 saturated carbocycles. The summed E-state index contributed by atoms with van der Waals surface area (Å²) in [7, 11) is 0. The van der Waals surface area contributed by atoms with Gasteiger partial charge in [0.25, 0.3) is 5.91 Å². The van der Waals surface area contributed by atoms with Gasteiger partial charge in [-0.05, 0) is 69.3 Å². The zero-order chi connectivity index (χ0) is 18.4. The Bertz CT molecular complexity index is 627. The van der Waals surface area contributed by atoms with E-state index in [0.29, 0.717) is 25.6 Å². The van der Waals surface area contributed by atoms with E-state index in [9.17, 15) is 9.59 Å². The van der Waals surface area contributed by atoms with Gasteiger partial charge in [0, 0.05) is 24.7 Å². The molecular weight excluding hydrogens is 366 g/mol. The quantitative estimate of drug-likeness (QED) is 0.804. The number of ether oxygens (including phenoxy) is 1. The Morgan fingerprint density at radius 3 is 2.70 bits per heavy atom. The summed E-state index contributed by atoms with van der Waals surface area (Å²) in [6, 6.07) is 8.07. The number of carbonyl (C=O) groups excluding carboxylic acids is 2. The lowest BCUT2D eigenvalue weighted by Gasteiger charge is -2.31. The summed E-state index contributed by atoms with van der Waals surface area (Å²) in [4.78, 5) is 26.0. The fraction of sp³-hybridized carbons (Fsp3) is 0.600. The summed E-state index contributed by atoms with van der Waals surface area (Å²) in [5.41, 5.74) is 1.95. The second-order valence-corrected chi connectivity index (χ2v) is 7.20. The van der Waals surface area contributed by atoms with Gasteiger partial charge in [0.05, 0.1) is 6.61 Å². The number of nitrogens with one attached hydrogen (secondary N) is 2. The number of amides is 2. The van der Waals surface area contributed by atoms with E-state index in [1.807, 2.05) is 25.1 Å². The molecule has 3 rings (SSSR count). The van der Waals surface area contributed by atoms with Crippen LogP contribution in [0.25, 0.3) is 0 Å². The highest BCUT2D eigenvalue weighted by Gasteiger charge is 2.25. The molecule has 1 aromatic rings. The first-order valence-corrected chi connectivity index (χ1v) is 9.68. The van der Waals surface area contributed by atoms with E-state index in [0.717, 1.165) is 37.9 Å². The van der Waals surface area contributed by atoms with Crippen LogP contribution in [-0.4, -0.2) is 55.7 Å². The fourth-order valence-corrected chi connectivity index (χ4v) is 3.75. The molecule has 2 aliphatic heterocycles. The molecule has 27 heavy (non-hydrogen) atoms. The minimum Gasteiger partial charge on any atom is -0.450 e. The Labute approximate surface area is 167 Å². The van der Waals surface area contributed by atoms with Crippen LogP contribution in [0.4, 0.5) is 4.79 Å². The predicted molar refractivity (Wildman–Crippen MR) is 107 cm³/mol. The first kappa shape index (κ1) is 21.5. The van der Waals surface area contributed by atoms with E-state index in [1.54, 1.807) is 4.90 Å². The van der Waals surface area contributed by atoms with Crippen LogP contribution in [0.5, 0.6) is 0 Å². The molecule has 0 aliphatic carbocycles. The lowest BCUT2D eigenvalue weighted by Crippen LogP contribution is -2.46. The van der Waals surface area contributed by atoms with Crippen molar-refractivity contribution in [3.63, 3.8) is 0 Å². The lowest BCUT2D eigenvalue weighted by atomic mass is 9.97. The van der Waals surface area contributed by atoms with Gasteiger partial charge in [0.2, 0.25) is 0 Å². The van der Waals surface area contributed by atoms with Gasteiger partial charge < -0.3 is 20.3 Å². The van der Waals surface area contributed by atoms with Crippen molar-refractivity contribution in [1.29, 1.82) is 0 Å². The lowest BCUT2D eigenvalue weighted by molar-refractivity contribution is 0.0860. The number of rotatable bonds is 5. The fourth-order valence-electron chi connectivity index (χ4n) is 3.75. The van der Waals surface area contributed by atoms with E-state index in [1.165, 1.54) is 12.0 Å². The Balaban J connectivity index is 0.00000261. The van der Waals surface area contributed by atoms with Crippen molar-refractivity contribution in [2.45, 2.75) is 38.6 Å². The summed E-state index contributed by atoms with van der Waals surface area (Å²) < 4.78 is 5.03. The first-order chi connectivity index (χ1) is 12.7. The van der Waals surface area contributed by atoms with Crippen molar-refractivity contribution >= 4 is 24.4 Å². The average Bonchev–Trinajstić information content (AvgIpc) is 3.16. The molecule has 150 valence electrons. The van der Waals surface area contributed by atoms with E-state index < -0.39 is 0 Å². The monoisotopic (exact) mass is 395 g/mol. The highest BCUT2D eigenvalue weighted by Crippen LogP contribution is 2.17. The van der Waals surface area contributed by atoms with E-state index in [-0.39, 0.29) is 30.4 Å². The summed E-state index contributed by atoms with van der Waals surface area (Å²) in [6.07, 6.45) is 3.49. The molecule has 2 fully saturated rings. The normalized spacial score (nSPS) is 20.0. The van der Waals surface area contributed by atoms with Gasteiger partial charge in [-0.1, -0.05) is 12.1 Å². The maximum absolute atomic E-state index is 12.6. The van der Waals surface area contributed by atoms with Gasteiger partial charge >= 0.3 is 6.09 Å². The number of hydrogen-bond donors (Lipinski definition) is 2. The van der Waals surface area contributed by atoms with Gasteiger partial charge in [0.1, 0.15) is 0 Å². The van der Waals surface area contributed by atoms with Crippen LogP contribution < -0.4 is 10.6 Å². The average molecular weight is 396 g/mol. The van der Waals surface area contributed by atoms with Crippen LogP contribution in [0.15, 0.2) is 24.3 Å². The Hall–Kier alpha value is -1.79. The number of likely N-dealkylation sites (tertiary alicyclic amines) is 1. The van der Waals surface area contributed by atoms with Gasteiger partial charge in [-0.15, -0.1) is 12.4 Å². The highest BCUT2D eigenvalue weighted by atomic mass is 35.5. The molecule has 1 aromatic carbocycles. The van der Waals surface area contributed by atoms with Crippen LogP contribution in [0, 0.1) is 5.92 Å². The number of halogens is 1. The topological polar surface area (TPSA) is 70.7 Å². The van der Waals surface area contributed by atoms with Gasteiger partial charge in [-0.3, -0.25) is 4.79 Å². The minimum absolute atomic E-state index is 0. The molecule has 2 amide bonds. The second kappa shape index (κ2) is 10.5. The summed E-state index contributed by atoms with van der Waals surface area (Å²) in [6.45, 7) is 5.60. The van der Waals surface area contributed by atoms with Crippen molar-refractivity contribution in [2.24, 2.45) is 5.92 Å². The smallest absolute Gasteiger partial charge is 0.409 e. The maximum atomic E-state index is 12.6. The summed E-state index contributed by atoms with van der Waals surface area (Å²) >= 11 is 0. The van der Waals surface area contributed by atoms with Gasteiger partial charge in [-0.2, -0.15) is 0 Å². The summed E-state index contributed by atoms with van der Waals surface area (Å²) in [5, 5.41) is 6.50. The van der Waals surface area contributed by atoms with Crippen molar-refractivity contribution < 1.29 is 14.3 Å².